The van der Waals surface area contributed by atoms with Gasteiger partial charge in [0, 0.05) is 19.5 Å². The van der Waals surface area contributed by atoms with Crippen LogP contribution < -0.4 is 4.74 Å². The van der Waals surface area contributed by atoms with Crippen molar-refractivity contribution in [2.24, 2.45) is 0 Å². The number of benzene rings is 2. The van der Waals surface area contributed by atoms with E-state index in [1.165, 1.54) is 0 Å². The number of hydrogen-bond acceptors (Lipinski definition) is 5. The van der Waals surface area contributed by atoms with E-state index in [9.17, 15) is 15.0 Å². The van der Waals surface area contributed by atoms with Crippen LogP contribution >= 0.6 is 0 Å². The molecule has 2 aliphatic rings. The number of rotatable bonds is 4. The first kappa shape index (κ1) is 19.9. The molecule has 2 N–H and O–H groups in total. The van der Waals surface area contributed by atoms with Crippen LogP contribution in [0.1, 0.15) is 35.2 Å². The molecule has 6 nitrogen and oxygen atoms in total. The van der Waals surface area contributed by atoms with Crippen molar-refractivity contribution in [3.05, 3.63) is 65.7 Å². The first-order chi connectivity index (χ1) is 14.1. The maximum atomic E-state index is 13.1. The lowest BCUT2D eigenvalue weighted by Crippen LogP contribution is -2.55. The Hall–Kier alpha value is -2.41. The minimum Gasteiger partial charge on any atom is -0.488 e. The quantitative estimate of drug-likeness (QED) is 0.828. The molecule has 2 atom stereocenters. The summed E-state index contributed by atoms with van der Waals surface area (Å²) in [6, 6.07) is 17.2. The number of amides is 1. The Morgan fingerprint density at radius 2 is 1.72 bits per heavy atom. The first-order valence-corrected chi connectivity index (χ1v) is 10.1. The Morgan fingerprint density at radius 1 is 1.03 bits per heavy atom. The van der Waals surface area contributed by atoms with Gasteiger partial charge in [0.15, 0.2) is 0 Å². The number of ether oxygens (including phenoxy) is 2. The molecule has 154 valence electrons. The number of likely N-dealkylation sites (tertiary alicyclic amines) is 1. The van der Waals surface area contributed by atoms with Crippen molar-refractivity contribution in [3.63, 3.8) is 0 Å². The fourth-order valence-electron chi connectivity index (χ4n) is 4.09. The Kier molecular flexibility index (Phi) is 5.85. The number of hydrogen-bond donors (Lipinski definition) is 2. The Balaban J connectivity index is 1.40. The molecule has 2 heterocycles. The first-order valence-electron chi connectivity index (χ1n) is 10.1. The van der Waals surface area contributed by atoms with E-state index < -0.39 is 17.8 Å². The SMILES string of the molecule is O=C(c1ccccc1OCc1ccccc1)N1CCC2(CC1)C[C@@H](O)[C@@H](O)CO2. The molecule has 2 saturated heterocycles. The van der Waals surface area contributed by atoms with Gasteiger partial charge in [-0.05, 0) is 30.5 Å². The van der Waals surface area contributed by atoms with Crippen molar-refractivity contribution < 1.29 is 24.5 Å². The van der Waals surface area contributed by atoms with Crippen molar-refractivity contribution in [1.29, 1.82) is 0 Å². The second-order valence-corrected chi connectivity index (χ2v) is 7.90. The molecular weight excluding hydrogens is 370 g/mol. The summed E-state index contributed by atoms with van der Waals surface area (Å²) >= 11 is 0. The fraction of sp³-hybridized carbons (Fsp3) is 0.435. The fourth-order valence-corrected chi connectivity index (χ4v) is 4.09. The van der Waals surface area contributed by atoms with Gasteiger partial charge in [-0.15, -0.1) is 0 Å². The molecular formula is C23H27NO5. The van der Waals surface area contributed by atoms with E-state index in [0.717, 1.165) is 5.56 Å². The van der Waals surface area contributed by atoms with Gasteiger partial charge in [0.1, 0.15) is 18.5 Å². The minimum absolute atomic E-state index is 0.0556. The average molecular weight is 397 g/mol. The minimum atomic E-state index is -0.825. The number of aliphatic hydroxyl groups excluding tert-OH is 2. The van der Waals surface area contributed by atoms with Crippen LogP contribution in [0.3, 0.4) is 0 Å². The van der Waals surface area contributed by atoms with Gasteiger partial charge in [-0.25, -0.2) is 0 Å². The molecule has 6 heteroatoms. The third-order valence-electron chi connectivity index (χ3n) is 5.90. The number of nitrogens with zero attached hydrogens (tertiary/aromatic N) is 1. The zero-order valence-electron chi connectivity index (χ0n) is 16.4. The van der Waals surface area contributed by atoms with E-state index in [0.29, 0.717) is 50.3 Å². The molecule has 4 rings (SSSR count). The lowest BCUT2D eigenvalue weighted by atomic mass is 9.82. The molecule has 0 saturated carbocycles. The van der Waals surface area contributed by atoms with E-state index in [2.05, 4.69) is 0 Å². The van der Waals surface area contributed by atoms with E-state index in [1.807, 2.05) is 53.4 Å². The maximum Gasteiger partial charge on any atom is 0.257 e. The Morgan fingerprint density at radius 3 is 2.45 bits per heavy atom. The molecule has 2 aromatic rings. The highest BCUT2D eigenvalue weighted by atomic mass is 16.5. The smallest absolute Gasteiger partial charge is 0.257 e. The third kappa shape index (κ3) is 4.45. The number of aliphatic hydroxyl groups is 2. The lowest BCUT2D eigenvalue weighted by molar-refractivity contribution is -0.185. The molecule has 2 fully saturated rings. The van der Waals surface area contributed by atoms with Gasteiger partial charge >= 0.3 is 0 Å². The summed E-state index contributed by atoms with van der Waals surface area (Å²) in [5.41, 5.74) is 1.16. The molecule has 2 aromatic carbocycles. The Labute approximate surface area is 170 Å². The van der Waals surface area contributed by atoms with Crippen LogP contribution in [0.5, 0.6) is 5.75 Å². The van der Waals surface area contributed by atoms with Crippen LogP contribution in [0.25, 0.3) is 0 Å². The number of carbonyl (C=O) groups excluding carboxylic acids is 1. The van der Waals surface area contributed by atoms with Crippen LogP contribution in [0.4, 0.5) is 0 Å². The summed E-state index contributed by atoms with van der Waals surface area (Å²) in [5, 5.41) is 19.7. The summed E-state index contributed by atoms with van der Waals surface area (Å²) < 4.78 is 11.8. The number of piperidine rings is 1. The topological polar surface area (TPSA) is 79.2 Å². The summed E-state index contributed by atoms with van der Waals surface area (Å²) in [6.07, 6.45) is 0.116. The van der Waals surface area contributed by atoms with Crippen LogP contribution in [0, 0.1) is 0 Å². The summed E-state index contributed by atoms with van der Waals surface area (Å²) in [7, 11) is 0. The molecule has 0 bridgehead atoms. The van der Waals surface area contributed by atoms with Crippen molar-refractivity contribution >= 4 is 5.91 Å². The zero-order chi connectivity index (χ0) is 20.3. The molecule has 0 aromatic heterocycles. The summed E-state index contributed by atoms with van der Waals surface area (Å²) in [4.78, 5) is 15.0. The molecule has 0 unspecified atom stereocenters. The lowest BCUT2D eigenvalue weighted by Gasteiger charge is -2.46. The van der Waals surface area contributed by atoms with E-state index >= 15 is 0 Å². The maximum absolute atomic E-state index is 13.1. The van der Waals surface area contributed by atoms with Crippen molar-refractivity contribution in [2.75, 3.05) is 19.7 Å². The van der Waals surface area contributed by atoms with Gasteiger partial charge in [0.05, 0.1) is 23.9 Å². The standard InChI is InChI=1S/C23H27NO5/c25-19-14-23(29-16-20(19)26)10-12-24(13-11-23)22(27)18-8-4-5-9-21(18)28-15-17-6-2-1-3-7-17/h1-9,19-20,25-26H,10-16H2/t19-,20+/m1/s1. The zero-order valence-corrected chi connectivity index (χ0v) is 16.4. The molecule has 2 aliphatic heterocycles. The van der Waals surface area contributed by atoms with E-state index in [-0.39, 0.29) is 12.5 Å². The van der Waals surface area contributed by atoms with E-state index in [4.69, 9.17) is 9.47 Å². The van der Waals surface area contributed by atoms with Crippen LogP contribution in [0.15, 0.2) is 54.6 Å². The van der Waals surface area contributed by atoms with Gasteiger partial charge in [0.2, 0.25) is 0 Å². The molecule has 1 amide bonds. The van der Waals surface area contributed by atoms with Crippen molar-refractivity contribution in [1.82, 2.24) is 4.90 Å². The average Bonchev–Trinajstić information content (AvgIpc) is 2.76. The normalized spacial score (nSPS) is 23.7. The van der Waals surface area contributed by atoms with Crippen LogP contribution in [0.2, 0.25) is 0 Å². The molecule has 0 aliphatic carbocycles. The highest BCUT2D eigenvalue weighted by molar-refractivity contribution is 5.97. The van der Waals surface area contributed by atoms with Crippen molar-refractivity contribution in [3.8, 4) is 5.75 Å². The molecule has 1 spiro atoms. The third-order valence-corrected chi connectivity index (χ3v) is 5.90. The van der Waals surface area contributed by atoms with Gasteiger partial charge in [-0.2, -0.15) is 0 Å². The Bertz CT molecular complexity index is 832. The highest BCUT2D eigenvalue weighted by Crippen LogP contribution is 2.36. The molecule has 29 heavy (non-hydrogen) atoms. The van der Waals surface area contributed by atoms with Crippen LogP contribution in [-0.2, 0) is 11.3 Å². The van der Waals surface area contributed by atoms with E-state index in [1.54, 1.807) is 6.07 Å². The number of carbonyl (C=O) groups is 1. The largest absolute Gasteiger partial charge is 0.488 e. The predicted molar refractivity (Wildman–Crippen MR) is 108 cm³/mol. The van der Waals surface area contributed by atoms with Gasteiger partial charge in [-0.1, -0.05) is 42.5 Å². The molecule has 0 radical (unpaired) electrons. The van der Waals surface area contributed by atoms with Gasteiger partial charge in [0.25, 0.3) is 5.91 Å². The van der Waals surface area contributed by atoms with Gasteiger partial charge in [-0.3, -0.25) is 4.79 Å². The monoisotopic (exact) mass is 397 g/mol. The van der Waals surface area contributed by atoms with Crippen LogP contribution in [-0.4, -0.2) is 58.5 Å². The summed E-state index contributed by atoms with van der Waals surface area (Å²) in [6.45, 7) is 1.65. The van der Waals surface area contributed by atoms with Crippen molar-refractivity contribution in [2.45, 2.75) is 43.7 Å². The summed E-state index contributed by atoms with van der Waals surface area (Å²) in [5.74, 6) is 0.522. The predicted octanol–water partition coefficient (Wildman–Crippen LogP) is 2.38. The highest BCUT2D eigenvalue weighted by Gasteiger charge is 2.43. The number of para-hydroxylation sites is 1. The second-order valence-electron chi connectivity index (χ2n) is 7.90. The van der Waals surface area contributed by atoms with Gasteiger partial charge < -0.3 is 24.6 Å². The second kappa shape index (κ2) is 8.53.